The Kier molecular flexibility index (Phi) is 4.66. The zero-order valence-electron chi connectivity index (χ0n) is 10.1. The Labute approximate surface area is 97.2 Å². The zero-order chi connectivity index (χ0) is 12.1. The molecule has 0 saturated heterocycles. The maximum absolute atomic E-state index is 10.3. The summed E-state index contributed by atoms with van der Waals surface area (Å²) in [6, 6.07) is 0. The molecule has 3 nitrogen and oxygen atoms in total. The van der Waals surface area contributed by atoms with Crippen LogP contribution in [-0.4, -0.2) is 24.3 Å². The van der Waals surface area contributed by atoms with E-state index in [9.17, 15) is 9.59 Å². The first-order chi connectivity index (χ1) is 7.66. The van der Waals surface area contributed by atoms with Gasteiger partial charge in [-0.2, -0.15) is 0 Å². The molecule has 0 amide bonds. The summed E-state index contributed by atoms with van der Waals surface area (Å²) in [5, 5.41) is 8.61. The first-order valence-corrected chi connectivity index (χ1v) is 6.19. The van der Waals surface area contributed by atoms with Gasteiger partial charge in [0.25, 0.3) is 0 Å². The molecule has 0 radical (unpaired) electrons. The minimum atomic E-state index is -0.319. The van der Waals surface area contributed by atoms with E-state index in [4.69, 9.17) is 5.11 Å². The fraction of sp³-hybridized carbons (Fsp3) is 0.846. The van der Waals surface area contributed by atoms with Crippen LogP contribution in [-0.2, 0) is 9.59 Å². The molecular weight excluding hydrogens is 204 g/mol. The highest BCUT2D eigenvalue weighted by molar-refractivity contribution is 5.61. The Balaban J connectivity index is 0.000000160. The number of aliphatic hydroxyl groups excluding tert-OH is 1. The lowest BCUT2D eigenvalue weighted by Gasteiger charge is -2.35. The number of aliphatic hydroxyl groups is 1. The highest BCUT2D eigenvalue weighted by Crippen LogP contribution is 2.41. The van der Waals surface area contributed by atoms with Crippen LogP contribution < -0.4 is 0 Å². The Bertz CT molecular complexity index is 203. The molecule has 2 rings (SSSR count). The fourth-order valence-electron chi connectivity index (χ4n) is 2.13. The topological polar surface area (TPSA) is 54.4 Å². The van der Waals surface area contributed by atoms with Crippen molar-refractivity contribution in [3.8, 4) is 0 Å². The second-order valence-corrected chi connectivity index (χ2v) is 5.18. The SMILES string of the molecule is CCC1(C=O)CCC1.O=CC1(CO)CCC1. The van der Waals surface area contributed by atoms with Gasteiger partial charge >= 0.3 is 0 Å². The van der Waals surface area contributed by atoms with Crippen LogP contribution in [0.5, 0.6) is 0 Å². The van der Waals surface area contributed by atoms with E-state index in [0.29, 0.717) is 0 Å². The smallest absolute Gasteiger partial charge is 0.128 e. The van der Waals surface area contributed by atoms with Crippen molar-refractivity contribution in [1.29, 1.82) is 0 Å². The summed E-state index contributed by atoms with van der Waals surface area (Å²) in [5.74, 6) is 0. The quantitative estimate of drug-likeness (QED) is 0.747. The summed E-state index contributed by atoms with van der Waals surface area (Å²) in [5.41, 5.74) is -0.194. The number of rotatable bonds is 4. The molecule has 2 saturated carbocycles. The van der Waals surface area contributed by atoms with E-state index in [1.54, 1.807) is 0 Å². The largest absolute Gasteiger partial charge is 0.395 e. The molecule has 2 aliphatic rings. The van der Waals surface area contributed by atoms with Gasteiger partial charge in [-0.25, -0.2) is 0 Å². The predicted molar refractivity (Wildman–Crippen MR) is 62.1 cm³/mol. The van der Waals surface area contributed by atoms with Crippen molar-refractivity contribution in [2.24, 2.45) is 10.8 Å². The lowest BCUT2D eigenvalue weighted by atomic mass is 9.68. The van der Waals surface area contributed by atoms with Crippen LogP contribution in [0.15, 0.2) is 0 Å². The first-order valence-electron chi connectivity index (χ1n) is 6.19. The van der Waals surface area contributed by atoms with Crippen molar-refractivity contribution in [1.82, 2.24) is 0 Å². The number of hydrogen-bond acceptors (Lipinski definition) is 3. The summed E-state index contributed by atoms with van der Waals surface area (Å²) in [6.45, 7) is 2.13. The van der Waals surface area contributed by atoms with Gasteiger partial charge in [0.15, 0.2) is 0 Å². The predicted octanol–water partition coefficient (Wildman–Crippen LogP) is 2.11. The van der Waals surface area contributed by atoms with Crippen LogP contribution in [0.3, 0.4) is 0 Å². The highest BCUT2D eigenvalue weighted by Gasteiger charge is 2.35. The van der Waals surface area contributed by atoms with Crippen LogP contribution >= 0.6 is 0 Å². The summed E-state index contributed by atoms with van der Waals surface area (Å²) < 4.78 is 0. The molecule has 0 aromatic rings. The van der Waals surface area contributed by atoms with Crippen molar-refractivity contribution in [3.05, 3.63) is 0 Å². The molecule has 0 bridgehead atoms. The molecule has 0 aliphatic heterocycles. The maximum Gasteiger partial charge on any atom is 0.128 e. The van der Waals surface area contributed by atoms with Crippen molar-refractivity contribution in [2.45, 2.75) is 51.9 Å². The molecule has 0 aromatic heterocycles. The normalized spacial score (nSPS) is 24.1. The second-order valence-electron chi connectivity index (χ2n) is 5.18. The molecular formula is C13H22O3. The third kappa shape index (κ3) is 2.70. The van der Waals surface area contributed by atoms with Crippen LogP contribution in [0, 0.1) is 10.8 Å². The minimum absolute atomic E-state index is 0.0382. The standard InChI is InChI=1S/C7H12O.C6H10O2/c1-2-7(6-8)4-3-5-7;7-4-6(5-8)2-1-3-6/h6H,2-5H2,1H3;4,8H,1-3,5H2. The highest BCUT2D eigenvalue weighted by atomic mass is 16.3. The van der Waals surface area contributed by atoms with E-state index >= 15 is 0 Å². The van der Waals surface area contributed by atoms with E-state index < -0.39 is 0 Å². The first kappa shape index (κ1) is 13.4. The van der Waals surface area contributed by atoms with Crippen molar-refractivity contribution >= 4 is 12.6 Å². The molecule has 0 aromatic carbocycles. The second kappa shape index (κ2) is 5.58. The number of carbonyl (C=O) groups excluding carboxylic acids is 2. The van der Waals surface area contributed by atoms with Crippen molar-refractivity contribution in [3.63, 3.8) is 0 Å². The van der Waals surface area contributed by atoms with E-state index in [1.165, 1.54) is 6.42 Å². The van der Waals surface area contributed by atoms with E-state index in [0.717, 1.165) is 51.1 Å². The summed E-state index contributed by atoms with van der Waals surface area (Å²) in [6.07, 6.45) is 9.44. The number of aldehydes is 2. The fourth-order valence-corrected chi connectivity index (χ4v) is 2.13. The monoisotopic (exact) mass is 226 g/mol. The number of hydrogen-bond donors (Lipinski definition) is 1. The molecule has 0 unspecified atom stereocenters. The zero-order valence-corrected chi connectivity index (χ0v) is 10.1. The van der Waals surface area contributed by atoms with Crippen LogP contribution in [0.1, 0.15) is 51.9 Å². The summed E-state index contributed by atoms with van der Waals surface area (Å²) in [4.78, 5) is 20.5. The minimum Gasteiger partial charge on any atom is -0.395 e. The van der Waals surface area contributed by atoms with Gasteiger partial charge < -0.3 is 14.7 Å². The van der Waals surface area contributed by atoms with Gasteiger partial charge in [-0.15, -0.1) is 0 Å². The van der Waals surface area contributed by atoms with E-state index in [-0.39, 0.29) is 17.4 Å². The molecule has 3 heteroatoms. The molecule has 0 atom stereocenters. The van der Waals surface area contributed by atoms with Crippen LogP contribution in [0.2, 0.25) is 0 Å². The Morgan fingerprint density at radius 2 is 1.44 bits per heavy atom. The van der Waals surface area contributed by atoms with Gasteiger partial charge in [-0.05, 0) is 32.1 Å². The van der Waals surface area contributed by atoms with Crippen LogP contribution in [0.25, 0.3) is 0 Å². The molecule has 1 N–H and O–H groups in total. The molecule has 0 spiro atoms. The lowest BCUT2D eigenvalue weighted by Crippen LogP contribution is -2.34. The maximum atomic E-state index is 10.3. The van der Waals surface area contributed by atoms with E-state index in [2.05, 4.69) is 6.92 Å². The average molecular weight is 226 g/mol. The van der Waals surface area contributed by atoms with Crippen LogP contribution in [0.4, 0.5) is 0 Å². The third-order valence-electron chi connectivity index (χ3n) is 4.22. The van der Waals surface area contributed by atoms with Gasteiger partial charge in [-0.3, -0.25) is 0 Å². The lowest BCUT2D eigenvalue weighted by molar-refractivity contribution is -0.123. The van der Waals surface area contributed by atoms with Gasteiger partial charge in [0.2, 0.25) is 0 Å². The van der Waals surface area contributed by atoms with Gasteiger partial charge in [-0.1, -0.05) is 19.8 Å². The Morgan fingerprint density at radius 3 is 1.44 bits per heavy atom. The van der Waals surface area contributed by atoms with Gasteiger partial charge in [0, 0.05) is 10.8 Å². The Morgan fingerprint density at radius 1 is 1.00 bits per heavy atom. The molecule has 2 aliphatic carbocycles. The van der Waals surface area contributed by atoms with Gasteiger partial charge in [0.1, 0.15) is 12.6 Å². The molecule has 0 heterocycles. The average Bonchev–Trinajstić information content (AvgIpc) is 2.19. The third-order valence-corrected chi connectivity index (χ3v) is 4.22. The molecule has 2 fully saturated rings. The number of carbonyl (C=O) groups is 2. The van der Waals surface area contributed by atoms with E-state index in [1.807, 2.05) is 0 Å². The van der Waals surface area contributed by atoms with Gasteiger partial charge in [0.05, 0.1) is 6.61 Å². The molecule has 16 heavy (non-hydrogen) atoms. The van der Waals surface area contributed by atoms with Crippen molar-refractivity contribution in [2.75, 3.05) is 6.61 Å². The van der Waals surface area contributed by atoms with Crippen molar-refractivity contribution < 1.29 is 14.7 Å². The summed E-state index contributed by atoms with van der Waals surface area (Å²) >= 11 is 0. The molecule has 92 valence electrons. The summed E-state index contributed by atoms with van der Waals surface area (Å²) in [7, 11) is 0. The Hall–Kier alpha value is -0.700.